The van der Waals surface area contributed by atoms with Crippen molar-refractivity contribution in [1.82, 2.24) is 4.90 Å². The SMILES string of the molecule is NC(=O)C1CCCN(C(=O)COc2ccc([N+](=O)[O-])cc2-c2cccs2)C1. The molecule has 27 heavy (non-hydrogen) atoms. The molecular formula is C18H19N3O5S. The van der Waals surface area contributed by atoms with Gasteiger partial charge in [-0.15, -0.1) is 11.3 Å². The zero-order chi connectivity index (χ0) is 19.4. The normalized spacial score (nSPS) is 16.7. The number of likely N-dealkylation sites (tertiary alicyclic amines) is 1. The zero-order valence-corrected chi connectivity index (χ0v) is 15.3. The molecule has 142 valence electrons. The Labute approximate surface area is 159 Å². The molecule has 0 saturated carbocycles. The smallest absolute Gasteiger partial charge is 0.270 e. The van der Waals surface area contributed by atoms with Crippen LogP contribution < -0.4 is 10.5 Å². The Kier molecular flexibility index (Phi) is 5.70. The van der Waals surface area contributed by atoms with Gasteiger partial charge in [0.2, 0.25) is 5.91 Å². The summed E-state index contributed by atoms with van der Waals surface area (Å²) in [7, 11) is 0. The molecule has 1 fully saturated rings. The van der Waals surface area contributed by atoms with Crippen LogP contribution in [0.4, 0.5) is 5.69 Å². The number of thiophene rings is 1. The molecule has 3 rings (SSSR count). The fraction of sp³-hybridized carbons (Fsp3) is 0.333. The van der Waals surface area contributed by atoms with Crippen molar-refractivity contribution in [3.8, 4) is 16.2 Å². The average molecular weight is 389 g/mol. The van der Waals surface area contributed by atoms with Gasteiger partial charge in [-0.05, 0) is 30.4 Å². The minimum Gasteiger partial charge on any atom is -0.483 e. The van der Waals surface area contributed by atoms with Crippen LogP contribution in [0.15, 0.2) is 35.7 Å². The Balaban J connectivity index is 1.73. The maximum Gasteiger partial charge on any atom is 0.270 e. The maximum absolute atomic E-state index is 12.5. The van der Waals surface area contributed by atoms with E-state index in [9.17, 15) is 19.7 Å². The lowest BCUT2D eigenvalue weighted by molar-refractivity contribution is -0.384. The van der Waals surface area contributed by atoms with Gasteiger partial charge in [-0.3, -0.25) is 19.7 Å². The fourth-order valence-corrected chi connectivity index (χ4v) is 3.80. The Hall–Kier alpha value is -2.94. The molecule has 1 aliphatic rings. The molecule has 2 heterocycles. The molecule has 1 atom stereocenters. The molecule has 2 N–H and O–H groups in total. The number of non-ortho nitro benzene ring substituents is 1. The van der Waals surface area contributed by atoms with Crippen LogP contribution in [0.3, 0.4) is 0 Å². The first-order valence-electron chi connectivity index (χ1n) is 8.48. The first-order chi connectivity index (χ1) is 13.0. The monoisotopic (exact) mass is 389 g/mol. The number of hydrogen-bond acceptors (Lipinski definition) is 6. The number of ether oxygens (including phenoxy) is 1. The lowest BCUT2D eigenvalue weighted by Crippen LogP contribution is -2.45. The molecule has 1 unspecified atom stereocenters. The van der Waals surface area contributed by atoms with Gasteiger partial charge in [0.1, 0.15) is 5.75 Å². The Morgan fingerprint density at radius 3 is 2.85 bits per heavy atom. The predicted octanol–water partition coefficient (Wildman–Crippen LogP) is 2.43. The highest BCUT2D eigenvalue weighted by atomic mass is 32.1. The molecule has 9 heteroatoms. The topological polar surface area (TPSA) is 116 Å². The lowest BCUT2D eigenvalue weighted by Gasteiger charge is -2.31. The summed E-state index contributed by atoms with van der Waals surface area (Å²) in [6.45, 7) is 0.654. The first kappa shape index (κ1) is 18.8. The van der Waals surface area contributed by atoms with Crippen molar-refractivity contribution >= 4 is 28.8 Å². The molecule has 1 aromatic heterocycles. The third-order valence-corrected chi connectivity index (χ3v) is 5.39. The zero-order valence-electron chi connectivity index (χ0n) is 14.5. The third-order valence-electron chi connectivity index (χ3n) is 4.49. The number of primary amides is 1. The average Bonchev–Trinajstić information content (AvgIpc) is 3.20. The van der Waals surface area contributed by atoms with Gasteiger partial charge in [-0.2, -0.15) is 0 Å². The van der Waals surface area contributed by atoms with E-state index in [1.54, 1.807) is 4.90 Å². The van der Waals surface area contributed by atoms with Crippen molar-refractivity contribution in [3.05, 3.63) is 45.8 Å². The number of benzene rings is 1. The van der Waals surface area contributed by atoms with Crippen molar-refractivity contribution < 1.29 is 19.2 Å². The van der Waals surface area contributed by atoms with Crippen LogP contribution >= 0.6 is 11.3 Å². The Bertz CT molecular complexity index is 853. The molecule has 0 spiro atoms. The second kappa shape index (κ2) is 8.17. The standard InChI is InChI=1S/C18H19N3O5S/c19-18(23)12-3-1-7-20(10-12)17(22)11-26-15-6-5-13(21(24)25)9-14(15)16-4-2-8-27-16/h2,4-6,8-9,12H,1,3,7,10-11H2,(H2,19,23). The van der Waals surface area contributed by atoms with E-state index in [4.69, 9.17) is 10.5 Å². The molecule has 0 aliphatic carbocycles. The highest BCUT2D eigenvalue weighted by Gasteiger charge is 2.27. The van der Waals surface area contributed by atoms with Crippen LogP contribution in [-0.4, -0.2) is 41.3 Å². The quantitative estimate of drug-likeness (QED) is 0.602. The molecule has 0 radical (unpaired) electrons. The molecule has 1 saturated heterocycles. The molecule has 1 aromatic carbocycles. The number of nitrogens with zero attached hydrogens (tertiary/aromatic N) is 2. The van der Waals surface area contributed by atoms with Crippen molar-refractivity contribution in [1.29, 1.82) is 0 Å². The molecule has 2 amide bonds. The third kappa shape index (κ3) is 4.43. The predicted molar refractivity (Wildman–Crippen MR) is 100 cm³/mol. The minimum absolute atomic E-state index is 0.0441. The highest BCUT2D eigenvalue weighted by Crippen LogP contribution is 2.36. The van der Waals surface area contributed by atoms with Crippen molar-refractivity contribution in [3.63, 3.8) is 0 Å². The van der Waals surface area contributed by atoms with E-state index in [0.717, 1.165) is 11.3 Å². The second-order valence-corrected chi connectivity index (χ2v) is 7.23. The van der Waals surface area contributed by atoms with E-state index in [0.29, 0.717) is 30.8 Å². The van der Waals surface area contributed by atoms with Gasteiger partial charge in [-0.1, -0.05) is 6.07 Å². The van der Waals surface area contributed by atoms with Gasteiger partial charge >= 0.3 is 0 Å². The first-order valence-corrected chi connectivity index (χ1v) is 9.36. The molecule has 1 aliphatic heterocycles. The number of piperidine rings is 1. The molecule has 8 nitrogen and oxygen atoms in total. The Morgan fingerprint density at radius 2 is 2.19 bits per heavy atom. The molecule has 0 bridgehead atoms. The van der Waals surface area contributed by atoms with E-state index in [1.165, 1.54) is 29.5 Å². The number of amides is 2. The van der Waals surface area contributed by atoms with Crippen LogP contribution in [0, 0.1) is 16.0 Å². The van der Waals surface area contributed by atoms with Crippen molar-refractivity contribution in [2.75, 3.05) is 19.7 Å². The summed E-state index contributed by atoms with van der Waals surface area (Å²) in [6, 6.07) is 7.96. The van der Waals surface area contributed by atoms with Crippen LogP contribution in [-0.2, 0) is 9.59 Å². The number of carbonyl (C=O) groups excluding carboxylic acids is 2. The van der Waals surface area contributed by atoms with Gasteiger partial charge in [0, 0.05) is 35.7 Å². The van der Waals surface area contributed by atoms with E-state index >= 15 is 0 Å². The van der Waals surface area contributed by atoms with Gasteiger partial charge in [0.05, 0.1) is 10.8 Å². The summed E-state index contributed by atoms with van der Waals surface area (Å²) in [6.07, 6.45) is 1.40. The van der Waals surface area contributed by atoms with Gasteiger partial charge in [-0.25, -0.2) is 0 Å². The van der Waals surface area contributed by atoms with E-state index in [2.05, 4.69) is 0 Å². The number of nitrogens with two attached hydrogens (primary N) is 1. The van der Waals surface area contributed by atoms with Gasteiger partial charge in [0.15, 0.2) is 6.61 Å². The largest absolute Gasteiger partial charge is 0.483 e. The van der Waals surface area contributed by atoms with Crippen molar-refractivity contribution in [2.45, 2.75) is 12.8 Å². The summed E-state index contributed by atoms with van der Waals surface area (Å²) in [5.74, 6) is -0.566. The van der Waals surface area contributed by atoms with Crippen LogP contribution in [0.25, 0.3) is 10.4 Å². The lowest BCUT2D eigenvalue weighted by atomic mass is 9.97. The van der Waals surface area contributed by atoms with Crippen molar-refractivity contribution in [2.24, 2.45) is 11.7 Å². The van der Waals surface area contributed by atoms with E-state index in [-0.39, 0.29) is 24.1 Å². The molecule has 2 aromatic rings. The van der Waals surface area contributed by atoms with Crippen LogP contribution in [0.1, 0.15) is 12.8 Å². The van der Waals surface area contributed by atoms with Gasteiger partial charge < -0.3 is 15.4 Å². The summed E-state index contributed by atoms with van der Waals surface area (Å²) in [4.78, 5) is 36.8. The highest BCUT2D eigenvalue weighted by molar-refractivity contribution is 7.13. The van der Waals surface area contributed by atoms with Crippen LogP contribution in [0.5, 0.6) is 5.75 Å². The number of rotatable bonds is 6. The fourth-order valence-electron chi connectivity index (χ4n) is 3.05. The summed E-state index contributed by atoms with van der Waals surface area (Å²) < 4.78 is 5.68. The maximum atomic E-state index is 12.5. The van der Waals surface area contributed by atoms with Gasteiger partial charge in [0.25, 0.3) is 11.6 Å². The number of hydrogen-bond donors (Lipinski definition) is 1. The number of nitro groups is 1. The second-order valence-electron chi connectivity index (χ2n) is 6.28. The molecular weight excluding hydrogens is 370 g/mol. The summed E-state index contributed by atoms with van der Waals surface area (Å²) in [5.41, 5.74) is 5.87. The minimum atomic E-state index is -0.469. The Morgan fingerprint density at radius 1 is 1.37 bits per heavy atom. The van der Waals surface area contributed by atoms with Crippen LogP contribution in [0.2, 0.25) is 0 Å². The van der Waals surface area contributed by atoms with E-state index < -0.39 is 10.8 Å². The summed E-state index contributed by atoms with van der Waals surface area (Å²) >= 11 is 1.43. The number of nitro benzene ring substituents is 1. The van der Waals surface area contributed by atoms with E-state index in [1.807, 2.05) is 17.5 Å². The number of carbonyl (C=O) groups is 2. The summed E-state index contributed by atoms with van der Waals surface area (Å²) in [5, 5.41) is 12.9.